The Kier molecular flexibility index (Phi) is 6.76. The molecule has 2 aromatic rings. The minimum atomic E-state index is 0.0356. The van der Waals surface area contributed by atoms with Gasteiger partial charge in [0.2, 0.25) is 0 Å². The van der Waals surface area contributed by atoms with Crippen LogP contribution in [0.25, 0.3) is 0 Å². The molecule has 0 aromatic heterocycles. The lowest BCUT2D eigenvalue weighted by Gasteiger charge is -2.34. The Hall–Kier alpha value is -2.73. The molecule has 1 aliphatic heterocycles. The third-order valence-corrected chi connectivity index (χ3v) is 5.14. The van der Waals surface area contributed by atoms with E-state index in [9.17, 15) is 4.79 Å². The Balaban J connectivity index is 1.52. The maximum absolute atomic E-state index is 12.8. The van der Waals surface area contributed by atoms with Gasteiger partial charge in [0.05, 0.1) is 21.3 Å². The third-order valence-electron chi connectivity index (χ3n) is 5.14. The van der Waals surface area contributed by atoms with Crippen molar-refractivity contribution in [2.45, 2.75) is 6.42 Å². The Labute approximate surface area is 166 Å². The quantitative estimate of drug-likeness (QED) is 0.735. The molecule has 0 atom stereocenters. The number of nitrogens with zero attached hydrogens (tertiary/aromatic N) is 2. The van der Waals surface area contributed by atoms with Crippen molar-refractivity contribution in [1.82, 2.24) is 9.80 Å². The number of methoxy groups -OCH3 is 3. The lowest BCUT2D eigenvalue weighted by atomic mass is 10.1. The zero-order valence-electron chi connectivity index (χ0n) is 16.8. The molecule has 1 aliphatic rings. The van der Waals surface area contributed by atoms with Crippen molar-refractivity contribution in [2.75, 3.05) is 54.1 Å². The van der Waals surface area contributed by atoms with Crippen molar-refractivity contribution >= 4 is 5.91 Å². The van der Waals surface area contributed by atoms with Gasteiger partial charge < -0.3 is 19.1 Å². The average Bonchev–Trinajstić information content (AvgIpc) is 2.77. The molecule has 1 fully saturated rings. The van der Waals surface area contributed by atoms with E-state index in [2.05, 4.69) is 17.0 Å². The summed E-state index contributed by atoms with van der Waals surface area (Å²) in [7, 11) is 4.85. The molecule has 6 nitrogen and oxygen atoms in total. The molecule has 0 radical (unpaired) electrons. The standard InChI is InChI=1S/C22H28N2O4/c1-26-19-6-4-5-17(15-19)9-10-23-11-13-24(14-12-23)22(25)18-7-8-20(27-2)21(16-18)28-3/h4-8,15-16H,9-14H2,1-3H3. The van der Waals surface area contributed by atoms with Crippen LogP contribution in [0.1, 0.15) is 15.9 Å². The highest BCUT2D eigenvalue weighted by molar-refractivity contribution is 5.95. The van der Waals surface area contributed by atoms with E-state index in [1.807, 2.05) is 17.0 Å². The number of rotatable bonds is 7. The van der Waals surface area contributed by atoms with Crippen LogP contribution >= 0.6 is 0 Å². The van der Waals surface area contributed by atoms with Crippen LogP contribution in [0.15, 0.2) is 42.5 Å². The van der Waals surface area contributed by atoms with Gasteiger partial charge >= 0.3 is 0 Å². The largest absolute Gasteiger partial charge is 0.497 e. The van der Waals surface area contributed by atoms with Crippen LogP contribution in [0.4, 0.5) is 0 Å². The molecule has 6 heteroatoms. The molecule has 1 heterocycles. The smallest absolute Gasteiger partial charge is 0.254 e. The van der Waals surface area contributed by atoms with E-state index in [0.29, 0.717) is 17.1 Å². The van der Waals surface area contributed by atoms with Crippen molar-refractivity contribution in [2.24, 2.45) is 0 Å². The Morgan fingerprint density at radius 2 is 1.64 bits per heavy atom. The van der Waals surface area contributed by atoms with E-state index in [0.717, 1.165) is 44.9 Å². The van der Waals surface area contributed by atoms with Crippen molar-refractivity contribution in [3.63, 3.8) is 0 Å². The monoisotopic (exact) mass is 384 g/mol. The number of carbonyl (C=O) groups is 1. The summed E-state index contributed by atoms with van der Waals surface area (Å²) in [5.41, 5.74) is 1.89. The van der Waals surface area contributed by atoms with Crippen LogP contribution in [0.5, 0.6) is 17.2 Å². The number of hydrogen-bond acceptors (Lipinski definition) is 5. The second-order valence-corrected chi connectivity index (χ2v) is 6.81. The van der Waals surface area contributed by atoms with Crippen LogP contribution in [0, 0.1) is 0 Å². The molecule has 1 saturated heterocycles. The predicted molar refractivity (Wildman–Crippen MR) is 109 cm³/mol. The van der Waals surface area contributed by atoms with E-state index in [1.165, 1.54) is 5.56 Å². The Bertz CT molecular complexity index is 801. The highest BCUT2D eigenvalue weighted by Crippen LogP contribution is 2.28. The molecule has 0 unspecified atom stereocenters. The Morgan fingerprint density at radius 1 is 0.893 bits per heavy atom. The summed E-state index contributed by atoms with van der Waals surface area (Å²) in [6.07, 6.45) is 0.973. The van der Waals surface area contributed by atoms with Crippen LogP contribution in [0.2, 0.25) is 0 Å². The molecule has 150 valence electrons. The van der Waals surface area contributed by atoms with Crippen molar-refractivity contribution in [3.05, 3.63) is 53.6 Å². The van der Waals surface area contributed by atoms with Crippen LogP contribution in [-0.2, 0) is 6.42 Å². The summed E-state index contributed by atoms with van der Waals surface area (Å²) >= 11 is 0. The molecule has 0 spiro atoms. The van der Waals surface area contributed by atoms with Crippen molar-refractivity contribution in [3.8, 4) is 17.2 Å². The molecule has 0 N–H and O–H groups in total. The van der Waals surface area contributed by atoms with Crippen LogP contribution in [-0.4, -0.2) is 69.8 Å². The van der Waals surface area contributed by atoms with Crippen LogP contribution < -0.4 is 14.2 Å². The van der Waals surface area contributed by atoms with Crippen molar-refractivity contribution < 1.29 is 19.0 Å². The van der Waals surface area contributed by atoms with Gasteiger partial charge in [-0.2, -0.15) is 0 Å². The van der Waals surface area contributed by atoms with E-state index >= 15 is 0 Å². The summed E-state index contributed by atoms with van der Waals surface area (Å²) in [5, 5.41) is 0. The molecule has 3 rings (SSSR count). The van der Waals surface area contributed by atoms with Crippen LogP contribution in [0.3, 0.4) is 0 Å². The first-order chi connectivity index (χ1) is 13.6. The first kappa shape index (κ1) is 20.0. The van der Waals surface area contributed by atoms with E-state index in [4.69, 9.17) is 14.2 Å². The van der Waals surface area contributed by atoms with Gasteiger partial charge in [0.1, 0.15) is 5.75 Å². The number of piperazine rings is 1. The second kappa shape index (κ2) is 9.46. The SMILES string of the molecule is COc1cccc(CCN2CCN(C(=O)c3ccc(OC)c(OC)c3)CC2)c1. The summed E-state index contributed by atoms with van der Waals surface area (Å²) in [4.78, 5) is 17.1. The summed E-state index contributed by atoms with van der Waals surface area (Å²) in [6, 6.07) is 13.5. The van der Waals surface area contributed by atoms with Gasteiger partial charge in [0.15, 0.2) is 11.5 Å². The fourth-order valence-corrected chi connectivity index (χ4v) is 3.44. The topological polar surface area (TPSA) is 51.2 Å². The highest BCUT2D eigenvalue weighted by atomic mass is 16.5. The number of carbonyl (C=O) groups excluding carboxylic acids is 1. The average molecular weight is 384 g/mol. The number of ether oxygens (including phenoxy) is 3. The maximum atomic E-state index is 12.8. The van der Waals surface area contributed by atoms with Gasteiger partial charge in [-0.3, -0.25) is 9.69 Å². The van der Waals surface area contributed by atoms with E-state index < -0.39 is 0 Å². The second-order valence-electron chi connectivity index (χ2n) is 6.81. The highest BCUT2D eigenvalue weighted by Gasteiger charge is 2.23. The zero-order chi connectivity index (χ0) is 19.9. The Morgan fingerprint density at radius 3 is 2.32 bits per heavy atom. The molecule has 0 aliphatic carbocycles. The maximum Gasteiger partial charge on any atom is 0.254 e. The third kappa shape index (κ3) is 4.75. The molecule has 0 saturated carbocycles. The van der Waals surface area contributed by atoms with Gasteiger partial charge in [-0.25, -0.2) is 0 Å². The number of amides is 1. The van der Waals surface area contributed by atoms with Gasteiger partial charge in [-0.1, -0.05) is 12.1 Å². The summed E-state index contributed by atoms with van der Waals surface area (Å²) < 4.78 is 15.8. The fraction of sp³-hybridized carbons (Fsp3) is 0.409. The summed E-state index contributed by atoms with van der Waals surface area (Å²) in [5.74, 6) is 2.13. The molecular formula is C22H28N2O4. The first-order valence-corrected chi connectivity index (χ1v) is 9.51. The molecule has 28 heavy (non-hydrogen) atoms. The summed E-state index contributed by atoms with van der Waals surface area (Å²) in [6.45, 7) is 4.19. The zero-order valence-corrected chi connectivity index (χ0v) is 16.8. The number of hydrogen-bond donors (Lipinski definition) is 0. The molecule has 0 bridgehead atoms. The lowest BCUT2D eigenvalue weighted by Crippen LogP contribution is -2.49. The van der Waals surface area contributed by atoms with Gasteiger partial charge in [0.25, 0.3) is 5.91 Å². The molecular weight excluding hydrogens is 356 g/mol. The van der Waals surface area contributed by atoms with Crippen molar-refractivity contribution in [1.29, 1.82) is 0 Å². The number of benzene rings is 2. The minimum Gasteiger partial charge on any atom is -0.497 e. The normalized spacial score (nSPS) is 14.6. The molecule has 2 aromatic carbocycles. The van der Waals surface area contributed by atoms with E-state index in [1.54, 1.807) is 39.5 Å². The van der Waals surface area contributed by atoms with E-state index in [-0.39, 0.29) is 5.91 Å². The first-order valence-electron chi connectivity index (χ1n) is 9.51. The lowest BCUT2D eigenvalue weighted by molar-refractivity contribution is 0.0638. The van der Waals surface area contributed by atoms with Gasteiger partial charge in [-0.05, 0) is 42.3 Å². The predicted octanol–water partition coefficient (Wildman–Crippen LogP) is 2.71. The van der Waals surface area contributed by atoms with Gasteiger partial charge in [-0.15, -0.1) is 0 Å². The minimum absolute atomic E-state index is 0.0356. The molecule has 1 amide bonds. The fourth-order valence-electron chi connectivity index (χ4n) is 3.44. The van der Waals surface area contributed by atoms with Gasteiger partial charge in [0, 0.05) is 38.3 Å².